The summed E-state index contributed by atoms with van der Waals surface area (Å²) in [6.07, 6.45) is 0. The molecule has 1 amide bonds. The number of hydrogen-bond donors (Lipinski definition) is 1. The lowest BCUT2D eigenvalue weighted by Gasteiger charge is -2.21. The third-order valence-corrected chi connectivity index (χ3v) is 4.29. The van der Waals surface area contributed by atoms with Crippen LogP contribution in [-0.2, 0) is 11.3 Å². The Labute approximate surface area is 99.0 Å². The molecule has 15 heavy (non-hydrogen) atoms. The molecule has 0 saturated heterocycles. The summed E-state index contributed by atoms with van der Waals surface area (Å²) in [5.74, 6) is 0.112. The van der Waals surface area contributed by atoms with Gasteiger partial charge < -0.3 is 4.90 Å². The summed E-state index contributed by atoms with van der Waals surface area (Å²) >= 11 is 6.13. The first-order valence-corrected chi connectivity index (χ1v) is 6.19. The summed E-state index contributed by atoms with van der Waals surface area (Å²) < 4.78 is 0. The standard InChI is InChI=1S/C11H13NOS2/c1-7-8(2)11(14)12(10(7)13)6-9-4-3-5-15-9/h3-5,11,14H,6H2,1-2H3. The Hall–Kier alpha value is -0.740. The van der Waals surface area contributed by atoms with Crippen molar-refractivity contribution in [3.05, 3.63) is 33.5 Å². The Morgan fingerprint density at radius 3 is 2.73 bits per heavy atom. The van der Waals surface area contributed by atoms with Crippen LogP contribution in [0.5, 0.6) is 0 Å². The van der Waals surface area contributed by atoms with E-state index in [4.69, 9.17) is 0 Å². The molecule has 1 aromatic rings. The average Bonchev–Trinajstić information content (AvgIpc) is 2.79. The van der Waals surface area contributed by atoms with Crippen molar-refractivity contribution in [3.63, 3.8) is 0 Å². The minimum absolute atomic E-state index is 0.0559. The van der Waals surface area contributed by atoms with Gasteiger partial charge >= 0.3 is 0 Å². The van der Waals surface area contributed by atoms with Crippen molar-refractivity contribution in [2.45, 2.75) is 25.8 Å². The van der Waals surface area contributed by atoms with Gasteiger partial charge in [-0.3, -0.25) is 4.79 Å². The third-order valence-electron chi connectivity index (χ3n) is 2.76. The fraction of sp³-hybridized carbons (Fsp3) is 0.364. The maximum Gasteiger partial charge on any atom is 0.251 e. The molecular weight excluding hydrogens is 226 g/mol. The molecule has 0 bridgehead atoms. The lowest BCUT2D eigenvalue weighted by molar-refractivity contribution is -0.126. The fourth-order valence-electron chi connectivity index (χ4n) is 1.65. The largest absolute Gasteiger partial charge is 0.318 e. The molecule has 80 valence electrons. The number of rotatable bonds is 2. The zero-order valence-electron chi connectivity index (χ0n) is 8.73. The molecule has 0 spiro atoms. The molecule has 0 aliphatic carbocycles. The van der Waals surface area contributed by atoms with Gasteiger partial charge in [0.2, 0.25) is 0 Å². The molecule has 1 aliphatic rings. The molecule has 4 heteroatoms. The molecule has 0 fully saturated rings. The highest BCUT2D eigenvalue weighted by atomic mass is 32.1. The molecule has 0 N–H and O–H groups in total. The van der Waals surface area contributed by atoms with Gasteiger partial charge in [0.15, 0.2) is 0 Å². The number of carbonyl (C=O) groups is 1. The summed E-state index contributed by atoms with van der Waals surface area (Å²) in [5.41, 5.74) is 1.91. The molecule has 1 aromatic heterocycles. The summed E-state index contributed by atoms with van der Waals surface area (Å²) in [6.45, 7) is 4.51. The van der Waals surface area contributed by atoms with Crippen LogP contribution in [0.15, 0.2) is 28.7 Å². The first-order chi connectivity index (χ1) is 7.11. The monoisotopic (exact) mass is 239 g/mol. The number of nitrogens with zero attached hydrogens (tertiary/aromatic N) is 1. The van der Waals surface area contributed by atoms with Crippen LogP contribution in [-0.4, -0.2) is 16.2 Å². The number of thiol groups is 1. The van der Waals surface area contributed by atoms with Crippen molar-refractivity contribution in [1.82, 2.24) is 4.90 Å². The van der Waals surface area contributed by atoms with Gasteiger partial charge in [0.05, 0.1) is 11.9 Å². The summed E-state index contributed by atoms with van der Waals surface area (Å²) in [4.78, 5) is 14.9. The summed E-state index contributed by atoms with van der Waals surface area (Å²) in [7, 11) is 0. The van der Waals surface area contributed by atoms with Gasteiger partial charge in [-0.15, -0.1) is 24.0 Å². The molecular formula is C11H13NOS2. The van der Waals surface area contributed by atoms with E-state index in [1.165, 1.54) is 4.88 Å². The SMILES string of the molecule is CC1=C(C)C(S)N(Cc2cccs2)C1=O. The Kier molecular flexibility index (Phi) is 2.89. The van der Waals surface area contributed by atoms with E-state index in [-0.39, 0.29) is 11.3 Å². The van der Waals surface area contributed by atoms with E-state index in [1.54, 1.807) is 16.2 Å². The molecule has 1 unspecified atom stereocenters. The van der Waals surface area contributed by atoms with Gasteiger partial charge in [-0.2, -0.15) is 0 Å². The van der Waals surface area contributed by atoms with E-state index >= 15 is 0 Å². The number of carbonyl (C=O) groups excluding carboxylic acids is 1. The maximum absolute atomic E-state index is 11.9. The fourth-order valence-corrected chi connectivity index (χ4v) is 2.73. The predicted molar refractivity (Wildman–Crippen MR) is 66.0 cm³/mol. The van der Waals surface area contributed by atoms with Gasteiger partial charge in [-0.1, -0.05) is 6.07 Å². The molecule has 2 heterocycles. The second kappa shape index (κ2) is 4.02. The van der Waals surface area contributed by atoms with Gasteiger partial charge in [0.25, 0.3) is 5.91 Å². The first-order valence-electron chi connectivity index (χ1n) is 4.80. The van der Waals surface area contributed by atoms with E-state index in [0.29, 0.717) is 6.54 Å². The van der Waals surface area contributed by atoms with Crippen molar-refractivity contribution >= 4 is 29.9 Å². The van der Waals surface area contributed by atoms with Crippen molar-refractivity contribution < 1.29 is 4.79 Å². The van der Waals surface area contributed by atoms with Crippen LogP contribution in [0.1, 0.15) is 18.7 Å². The smallest absolute Gasteiger partial charge is 0.251 e. The number of thiophene rings is 1. The Morgan fingerprint density at radius 2 is 2.27 bits per heavy atom. The zero-order valence-corrected chi connectivity index (χ0v) is 10.4. The number of hydrogen-bond acceptors (Lipinski definition) is 3. The molecule has 1 aliphatic heterocycles. The normalized spacial score (nSPS) is 21.7. The van der Waals surface area contributed by atoms with Crippen LogP contribution in [0.4, 0.5) is 0 Å². The van der Waals surface area contributed by atoms with Crippen molar-refractivity contribution in [3.8, 4) is 0 Å². The van der Waals surface area contributed by atoms with Crippen LogP contribution < -0.4 is 0 Å². The lowest BCUT2D eigenvalue weighted by atomic mass is 10.2. The summed E-state index contributed by atoms with van der Waals surface area (Å²) in [5, 5.41) is 1.97. The molecule has 2 nitrogen and oxygen atoms in total. The molecule has 0 saturated carbocycles. The van der Waals surface area contributed by atoms with E-state index in [1.807, 2.05) is 31.4 Å². The molecule has 1 atom stereocenters. The highest BCUT2D eigenvalue weighted by Crippen LogP contribution is 2.29. The molecule has 0 aromatic carbocycles. The third kappa shape index (κ3) is 1.84. The van der Waals surface area contributed by atoms with Crippen LogP contribution in [0, 0.1) is 0 Å². The Bertz CT molecular complexity index is 408. The second-order valence-corrected chi connectivity index (χ2v) is 5.22. The van der Waals surface area contributed by atoms with Crippen LogP contribution in [0.3, 0.4) is 0 Å². The maximum atomic E-state index is 11.9. The van der Waals surface area contributed by atoms with Crippen molar-refractivity contribution in [2.75, 3.05) is 0 Å². The number of amides is 1. The van der Waals surface area contributed by atoms with E-state index < -0.39 is 0 Å². The van der Waals surface area contributed by atoms with Crippen molar-refractivity contribution in [1.29, 1.82) is 0 Å². The highest BCUT2D eigenvalue weighted by molar-refractivity contribution is 7.81. The predicted octanol–water partition coefficient (Wildman–Crippen LogP) is 2.68. The Morgan fingerprint density at radius 1 is 1.53 bits per heavy atom. The van der Waals surface area contributed by atoms with E-state index in [9.17, 15) is 4.79 Å². The van der Waals surface area contributed by atoms with Crippen LogP contribution in [0.25, 0.3) is 0 Å². The van der Waals surface area contributed by atoms with Gasteiger partial charge in [-0.05, 0) is 30.9 Å². The summed E-state index contributed by atoms with van der Waals surface area (Å²) in [6, 6.07) is 4.04. The quantitative estimate of drug-likeness (QED) is 0.787. The van der Waals surface area contributed by atoms with Crippen molar-refractivity contribution in [2.24, 2.45) is 0 Å². The zero-order chi connectivity index (χ0) is 11.0. The molecule has 0 radical (unpaired) electrons. The van der Waals surface area contributed by atoms with Gasteiger partial charge in [0, 0.05) is 10.5 Å². The van der Waals surface area contributed by atoms with Gasteiger partial charge in [-0.25, -0.2) is 0 Å². The highest BCUT2D eigenvalue weighted by Gasteiger charge is 2.32. The van der Waals surface area contributed by atoms with E-state index in [2.05, 4.69) is 12.6 Å². The van der Waals surface area contributed by atoms with Crippen LogP contribution in [0.2, 0.25) is 0 Å². The minimum Gasteiger partial charge on any atom is -0.318 e. The average molecular weight is 239 g/mol. The minimum atomic E-state index is -0.0559. The molecule has 2 rings (SSSR count). The van der Waals surface area contributed by atoms with E-state index in [0.717, 1.165) is 11.1 Å². The first kappa shape index (κ1) is 10.8. The second-order valence-electron chi connectivity index (χ2n) is 3.69. The van der Waals surface area contributed by atoms with Gasteiger partial charge in [0.1, 0.15) is 0 Å². The Balaban J connectivity index is 2.17. The lowest BCUT2D eigenvalue weighted by Crippen LogP contribution is -2.31. The van der Waals surface area contributed by atoms with Crippen LogP contribution >= 0.6 is 24.0 Å². The topological polar surface area (TPSA) is 20.3 Å².